The third-order valence-electron chi connectivity index (χ3n) is 9.49. The zero-order valence-electron chi connectivity index (χ0n) is 20.7. The Hall–Kier alpha value is -2.35. The maximum atomic E-state index is 14.8. The van der Waals surface area contributed by atoms with Gasteiger partial charge in [-0.15, -0.1) is 0 Å². The summed E-state index contributed by atoms with van der Waals surface area (Å²) in [6.07, 6.45) is 8.91. The van der Waals surface area contributed by atoms with E-state index >= 15 is 0 Å². The molecule has 3 heterocycles. The van der Waals surface area contributed by atoms with E-state index in [0.29, 0.717) is 18.0 Å². The van der Waals surface area contributed by atoms with Gasteiger partial charge in [-0.05, 0) is 63.0 Å². The van der Waals surface area contributed by atoms with Crippen LogP contribution in [0.4, 0.5) is 14.9 Å². The molecule has 0 spiro atoms. The Morgan fingerprint density at radius 2 is 1.94 bits per heavy atom. The molecule has 2 saturated carbocycles. The number of benzene rings is 1. The SMILES string of the molecule is Cc1ccc(F)c2c1NC(C(=O)N[C@@H]1CCC[C@H](N3CCN4C(=O)NC[C@@H]4C3)C1)(C1CCCC1)C2. The minimum absolute atomic E-state index is 0.0560. The van der Waals surface area contributed by atoms with Gasteiger partial charge in [0.1, 0.15) is 11.4 Å². The molecule has 1 aromatic rings. The lowest BCUT2D eigenvalue weighted by atomic mass is 9.78. The minimum atomic E-state index is -0.750. The lowest BCUT2D eigenvalue weighted by Crippen LogP contribution is -2.60. The van der Waals surface area contributed by atoms with Crippen molar-refractivity contribution in [1.82, 2.24) is 20.4 Å². The Kier molecular flexibility index (Phi) is 5.90. The second-order valence-electron chi connectivity index (χ2n) is 11.5. The third-order valence-corrected chi connectivity index (χ3v) is 9.49. The number of aryl methyl sites for hydroxylation is 1. The Morgan fingerprint density at radius 3 is 2.74 bits per heavy atom. The first kappa shape index (κ1) is 23.1. The summed E-state index contributed by atoms with van der Waals surface area (Å²) in [4.78, 5) is 30.5. The number of fused-ring (bicyclic) bond motifs is 2. The summed E-state index contributed by atoms with van der Waals surface area (Å²) in [7, 11) is 0. The predicted molar refractivity (Wildman–Crippen MR) is 133 cm³/mol. The van der Waals surface area contributed by atoms with E-state index in [1.165, 1.54) is 6.07 Å². The first-order chi connectivity index (χ1) is 16.9. The van der Waals surface area contributed by atoms with Crippen molar-refractivity contribution >= 4 is 17.6 Å². The van der Waals surface area contributed by atoms with Crippen LogP contribution >= 0.6 is 0 Å². The monoisotopic (exact) mass is 483 g/mol. The fourth-order valence-corrected chi connectivity index (χ4v) is 7.52. The standard InChI is InChI=1S/C27H38FN5O2/c1-17-9-10-23(28)22-14-27(31-24(17)22,18-5-2-3-6-18)25(34)30-19-7-4-8-20(13-19)32-11-12-33-21(16-32)15-29-26(33)35/h9-10,18-21,31H,2-8,11-16H2,1H3,(H,29,35)(H,30,34)/t19-,20+,21-,27?/m1/s1. The molecule has 4 fully saturated rings. The molecule has 4 atom stereocenters. The van der Waals surface area contributed by atoms with Gasteiger partial charge in [0.15, 0.2) is 0 Å². The lowest BCUT2D eigenvalue weighted by Gasteiger charge is -2.44. The maximum absolute atomic E-state index is 14.8. The second-order valence-corrected chi connectivity index (χ2v) is 11.5. The number of amides is 3. The quantitative estimate of drug-likeness (QED) is 0.615. The highest BCUT2D eigenvalue weighted by Gasteiger charge is 2.52. The molecule has 0 radical (unpaired) electrons. The maximum Gasteiger partial charge on any atom is 0.317 e. The Labute approximate surface area is 207 Å². The number of rotatable bonds is 4. The van der Waals surface area contributed by atoms with Crippen LogP contribution in [0.2, 0.25) is 0 Å². The number of hydrogen-bond donors (Lipinski definition) is 3. The molecular weight excluding hydrogens is 445 g/mol. The third kappa shape index (κ3) is 3.98. The number of anilines is 1. The van der Waals surface area contributed by atoms with Gasteiger partial charge in [0.25, 0.3) is 0 Å². The topological polar surface area (TPSA) is 76.7 Å². The molecule has 1 aromatic carbocycles. The minimum Gasteiger partial charge on any atom is -0.370 e. The van der Waals surface area contributed by atoms with Crippen LogP contribution in [-0.4, -0.2) is 71.6 Å². The highest BCUT2D eigenvalue weighted by molar-refractivity contribution is 5.93. The molecule has 5 aliphatic rings. The first-order valence-corrected chi connectivity index (χ1v) is 13.6. The van der Waals surface area contributed by atoms with Crippen molar-refractivity contribution in [3.8, 4) is 0 Å². The normalized spacial score (nSPS) is 33.3. The summed E-state index contributed by atoms with van der Waals surface area (Å²) in [5.41, 5.74) is 1.75. The number of carbonyl (C=O) groups excluding carboxylic acids is 2. The van der Waals surface area contributed by atoms with Gasteiger partial charge in [0.05, 0.1) is 6.04 Å². The van der Waals surface area contributed by atoms with Gasteiger partial charge in [0, 0.05) is 55.9 Å². The molecule has 6 rings (SSSR count). The van der Waals surface area contributed by atoms with Crippen LogP contribution in [0.25, 0.3) is 0 Å². The van der Waals surface area contributed by atoms with Crippen molar-refractivity contribution in [2.24, 2.45) is 5.92 Å². The van der Waals surface area contributed by atoms with Crippen LogP contribution < -0.4 is 16.0 Å². The molecule has 3 amide bonds. The van der Waals surface area contributed by atoms with Gasteiger partial charge in [-0.3, -0.25) is 9.69 Å². The number of piperazine rings is 1. The highest BCUT2D eigenvalue weighted by Crippen LogP contribution is 2.46. The molecule has 8 heteroatoms. The number of nitrogens with one attached hydrogen (secondary N) is 3. The molecule has 7 nitrogen and oxygen atoms in total. The summed E-state index contributed by atoms with van der Waals surface area (Å²) in [5, 5.41) is 10.00. The summed E-state index contributed by atoms with van der Waals surface area (Å²) < 4.78 is 14.8. The zero-order valence-corrected chi connectivity index (χ0v) is 20.7. The lowest BCUT2D eigenvalue weighted by molar-refractivity contribution is -0.128. The fraction of sp³-hybridized carbons (Fsp3) is 0.704. The Balaban J connectivity index is 1.16. The molecule has 2 saturated heterocycles. The smallest absolute Gasteiger partial charge is 0.317 e. The van der Waals surface area contributed by atoms with E-state index in [4.69, 9.17) is 0 Å². The molecule has 1 unspecified atom stereocenters. The van der Waals surface area contributed by atoms with Gasteiger partial charge < -0.3 is 20.9 Å². The van der Waals surface area contributed by atoms with E-state index < -0.39 is 5.54 Å². The van der Waals surface area contributed by atoms with E-state index in [-0.39, 0.29) is 35.8 Å². The number of carbonyl (C=O) groups is 2. The average Bonchev–Trinajstić information content (AvgIpc) is 3.61. The van der Waals surface area contributed by atoms with Crippen LogP contribution in [0.15, 0.2) is 12.1 Å². The van der Waals surface area contributed by atoms with Crippen molar-refractivity contribution in [2.45, 2.75) is 88.4 Å². The van der Waals surface area contributed by atoms with Crippen molar-refractivity contribution in [3.63, 3.8) is 0 Å². The van der Waals surface area contributed by atoms with Crippen LogP contribution in [0, 0.1) is 18.7 Å². The van der Waals surface area contributed by atoms with E-state index in [0.717, 1.165) is 88.8 Å². The average molecular weight is 484 g/mol. The van der Waals surface area contributed by atoms with Crippen LogP contribution in [0.3, 0.4) is 0 Å². The van der Waals surface area contributed by atoms with Gasteiger partial charge >= 0.3 is 6.03 Å². The van der Waals surface area contributed by atoms with Gasteiger partial charge in [-0.1, -0.05) is 18.9 Å². The van der Waals surface area contributed by atoms with Gasteiger partial charge in [-0.2, -0.15) is 0 Å². The van der Waals surface area contributed by atoms with E-state index in [1.54, 1.807) is 0 Å². The summed E-state index contributed by atoms with van der Waals surface area (Å²) in [5.74, 6) is 0.0801. The first-order valence-electron chi connectivity index (χ1n) is 13.6. The van der Waals surface area contributed by atoms with E-state index in [2.05, 4.69) is 20.9 Å². The Bertz CT molecular complexity index is 979. The van der Waals surface area contributed by atoms with Crippen LogP contribution in [0.5, 0.6) is 0 Å². The molecule has 35 heavy (non-hydrogen) atoms. The summed E-state index contributed by atoms with van der Waals surface area (Å²) in [6, 6.07) is 4.24. The highest BCUT2D eigenvalue weighted by atomic mass is 19.1. The van der Waals surface area contributed by atoms with E-state index in [9.17, 15) is 14.0 Å². The largest absolute Gasteiger partial charge is 0.370 e. The Morgan fingerprint density at radius 1 is 1.11 bits per heavy atom. The molecule has 2 aliphatic carbocycles. The van der Waals surface area contributed by atoms with Crippen molar-refractivity contribution < 1.29 is 14.0 Å². The van der Waals surface area contributed by atoms with Crippen LogP contribution in [-0.2, 0) is 11.2 Å². The molecule has 3 N–H and O–H groups in total. The van der Waals surface area contributed by atoms with Crippen LogP contribution in [0.1, 0.15) is 62.5 Å². The number of urea groups is 1. The van der Waals surface area contributed by atoms with Gasteiger partial charge in [0.2, 0.25) is 5.91 Å². The number of halogens is 1. The summed E-state index contributed by atoms with van der Waals surface area (Å²) >= 11 is 0. The molecular formula is C27H38FN5O2. The van der Waals surface area contributed by atoms with Crippen molar-refractivity contribution in [2.75, 3.05) is 31.5 Å². The molecule has 0 bridgehead atoms. The predicted octanol–water partition coefficient (Wildman–Crippen LogP) is 3.17. The molecule has 190 valence electrons. The summed E-state index contributed by atoms with van der Waals surface area (Å²) in [6.45, 7) is 5.31. The zero-order chi connectivity index (χ0) is 24.2. The number of hydrogen-bond acceptors (Lipinski definition) is 4. The molecule has 0 aromatic heterocycles. The van der Waals surface area contributed by atoms with Crippen molar-refractivity contribution in [1.29, 1.82) is 0 Å². The molecule has 3 aliphatic heterocycles. The van der Waals surface area contributed by atoms with Gasteiger partial charge in [-0.25, -0.2) is 9.18 Å². The second kappa shape index (κ2) is 8.95. The number of nitrogens with zero attached hydrogens (tertiary/aromatic N) is 2. The fourth-order valence-electron chi connectivity index (χ4n) is 7.52. The van der Waals surface area contributed by atoms with Crippen molar-refractivity contribution in [3.05, 3.63) is 29.1 Å². The van der Waals surface area contributed by atoms with E-state index in [1.807, 2.05) is 17.9 Å².